The first kappa shape index (κ1) is 16.8. The van der Waals surface area contributed by atoms with E-state index in [9.17, 15) is 4.79 Å². The van der Waals surface area contributed by atoms with E-state index < -0.39 is 6.04 Å². The number of fused-ring (bicyclic) bond motifs is 1. The molecule has 1 aromatic heterocycles. The van der Waals surface area contributed by atoms with Crippen LogP contribution in [0, 0.1) is 5.92 Å². The van der Waals surface area contributed by atoms with Gasteiger partial charge in [-0.25, -0.2) is 4.98 Å². The summed E-state index contributed by atoms with van der Waals surface area (Å²) in [5.74, 6) is 1.23. The number of imidazole rings is 1. The number of rotatable bonds is 6. The highest BCUT2D eigenvalue weighted by Crippen LogP contribution is 2.17. The Bertz CT molecular complexity index is 653. The molecule has 0 spiro atoms. The number of carbonyl (C=O) groups is 1. The van der Waals surface area contributed by atoms with Crippen molar-refractivity contribution >= 4 is 28.5 Å². The fourth-order valence-corrected chi connectivity index (χ4v) is 2.60. The Hall–Kier alpha value is -1.59. The van der Waals surface area contributed by atoms with E-state index in [1.807, 2.05) is 18.2 Å². The molecule has 3 N–H and O–H groups in total. The fraction of sp³-hybridized carbons (Fsp3) is 0.500. The molecule has 0 unspecified atom stereocenters. The van der Waals surface area contributed by atoms with Crippen molar-refractivity contribution in [1.82, 2.24) is 14.9 Å². The average Bonchev–Trinajstić information content (AvgIpc) is 2.85. The van der Waals surface area contributed by atoms with Crippen LogP contribution in [0.4, 0.5) is 0 Å². The highest BCUT2D eigenvalue weighted by atomic mass is 35.5. The largest absolute Gasteiger partial charge is 0.344 e. The van der Waals surface area contributed by atoms with Gasteiger partial charge in [0.2, 0.25) is 5.91 Å². The van der Waals surface area contributed by atoms with E-state index in [0.717, 1.165) is 16.9 Å². The van der Waals surface area contributed by atoms with Crippen LogP contribution < -0.4 is 5.73 Å². The van der Waals surface area contributed by atoms with Crippen molar-refractivity contribution in [1.29, 1.82) is 0 Å². The number of carbonyl (C=O) groups excluding carboxylic acids is 1. The van der Waals surface area contributed by atoms with Crippen LogP contribution in [-0.2, 0) is 11.2 Å². The first-order chi connectivity index (χ1) is 10.4. The van der Waals surface area contributed by atoms with Crippen LogP contribution in [0.2, 0.25) is 5.02 Å². The lowest BCUT2D eigenvalue weighted by Crippen LogP contribution is -2.43. The molecule has 120 valence electrons. The summed E-state index contributed by atoms with van der Waals surface area (Å²) < 4.78 is 0. The smallest absolute Gasteiger partial charge is 0.239 e. The number of amides is 1. The lowest BCUT2D eigenvalue weighted by molar-refractivity contribution is -0.131. The van der Waals surface area contributed by atoms with Gasteiger partial charge in [-0.1, -0.05) is 25.4 Å². The number of aromatic amines is 1. The summed E-state index contributed by atoms with van der Waals surface area (Å²) in [5.41, 5.74) is 7.73. The molecule has 1 heterocycles. The third kappa shape index (κ3) is 4.21. The molecule has 5 nitrogen and oxygen atoms in total. The van der Waals surface area contributed by atoms with Gasteiger partial charge in [-0.2, -0.15) is 0 Å². The van der Waals surface area contributed by atoms with Crippen LogP contribution in [0.3, 0.4) is 0 Å². The van der Waals surface area contributed by atoms with E-state index in [4.69, 9.17) is 17.3 Å². The van der Waals surface area contributed by atoms with Gasteiger partial charge in [0.05, 0.1) is 17.1 Å². The minimum absolute atomic E-state index is 0.0205. The van der Waals surface area contributed by atoms with Crippen LogP contribution in [-0.4, -0.2) is 40.4 Å². The molecule has 0 fully saturated rings. The molecule has 6 heteroatoms. The molecule has 0 saturated heterocycles. The molecule has 2 rings (SSSR count). The molecule has 1 aromatic carbocycles. The molecule has 0 aliphatic rings. The van der Waals surface area contributed by atoms with E-state index in [1.165, 1.54) is 0 Å². The highest BCUT2D eigenvalue weighted by Gasteiger charge is 2.19. The number of nitrogens with zero attached hydrogens (tertiary/aromatic N) is 2. The van der Waals surface area contributed by atoms with Gasteiger partial charge in [-0.3, -0.25) is 4.79 Å². The molecule has 0 saturated carbocycles. The molecular weight excluding hydrogens is 300 g/mol. The lowest BCUT2D eigenvalue weighted by atomic mass is 10.0. The van der Waals surface area contributed by atoms with Crippen LogP contribution in [0.1, 0.15) is 26.1 Å². The SMILES string of the molecule is CC(C)C[C@@H](N)C(=O)N(C)CCc1nc2ccc(Cl)cc2[nH]1. The van der Waals surface area contributed by atoms with E-state index in [2.05, 4.69) is 23.8 Å². The summed E-state index contributed by atoms with van der Waals surface area (Å²) in [7, 11) is 1.78. The minimum atomic E-state index is -0.431. The maximum absolute atomic E-state index is 12.2. The molecule has 0 aliphatic heterocycles. The number of benzene rings is 1. The number of nitrogens with one attached hydrogen (secondary N) is 1. The zero-order valence-corrected chi connectivity index (χ0v) is 14.0. The van der Waals surface area contributed by atoms with Crippen molar-refractivity contribution < 1.29 is 4.79 Å². The second kappa shape index (κ2) is 7.11. The Morgan fingerprint density at radius 2 is 2.18 bits per heavy atom. The van der Waals surface area contributed by atoms with E-state index in [1.54, 1.807) is 11.9 Å². The summed E-state index contributed by atoms with van der Waals surface area (Å²) in [6.07, 6.45) is 1.36. The Balaban J connectivity index is 1.94. The molecule has 0 bridgehead atoms. The number of likely N-dealkylation sites (N-methyl/N-ethyl adjacent to an activating group) is 1. The molecule has 1 amide bonds. The van der Waals surface area contributed by atoms with Gasteiger partial charge in [0.25, 0.3) is 0 Å². The van der Waals surface area contributed by atoms with Crippen molar-refractivity contribution in [2.24, 2.45) is 11.7 Å². The Morgan fingerprint density at radius 1 is 1.45 bits per heavy atom. The predicted molar refractivity (Wildman–Crippen MR) is 89.9 cm³/mol. The Kier molecular flexibility index (Phi) is 5.42. The zero-order valence-electron chi connectivity index (χ0n) is 13.3. The second-order valence-corrected chi connectivity index (χ2v) is 6.53. The van der Waals surface area contributed by atoms with Crippen LogP contribution in [0.25, 0.3) is 11.0 Å². The Morgan fingerprint density at radius 3 is 2.86 bits per heavy atom. The van der Waals surface area contributed by atoms with Crippen LogP contribution in [0.15, 0.2) is 18.2 Å². The van der Waals surface area contributed by atoms with Crippen molar-refractivity contribution in [2.75, 3.05) is 13.6 Å². The molecule has 1 atom stereocenters. The lowest BCUT2D eigenvalue weighted by Gasteiger charge is -2.21. The van der Waals surface area contributed by atoms with Gasteiger partial charge < -0.3 is 15.6 Å². The van der Waals surface area contributed by atoms with Gasteiger partial charge in [-0.05, 0) is 30.5 Å². The molecule has 0 aliphatic carbocycles. The third-order valence-corrected chi connectivity index (χ3v) is 3.83. The maximum Gasteiger partial charge on any atom is 0.239 e. The number of halogens is 1. The number of H-pyrrole nitrogens is 1. The van der Waals surface area contributed by atoms with Gasteiger partial charge in [0.15, 0.2) is 0 Å². The monoisotopic (exact) mass is 322 g/mol. The predicted octanol–water partition coefficient (Wildman–Crippen LogP) is 2.59. The van der Waals surface area contributed by atoms with Gasteiger partial charge in [0.1, 0.15) is 5.82 Å². The van der Waals surface area contributed by atoms with E-state index in [-0.39, 0.29) is 5.91 Å². The summed E-state index contributed by atoms with van der Waals surface area (Å²) in [6, 6.07) is 5.11. The second-order valence-electron chi connectivity index (χ2n) is 6.09. The summed E-state index contributed by atoms with van der Waals surface area (Å²) in [6.45, 7) is 4.71. The quantitative estimate of drug-likeness (QED) is 0.858. The minimum Gasteiger partial charge on any atom is -0.344 e. The van der Waals surface area contributed by atoms with Gasteiger partial charge in [0, 0.05) is 25.0 Å². The summed E-state index contributed by atoms with van der Waals surface area (Å²) in [5, 5.41) is 0.676. The first-order valence-corrected chi connectivity index (χ1v) is 7.89. The summed E-state index contributed by atoms with van der Waals surface area (Å²) in [4.78, 5) is 21.6. The highest BCUT2D eigenvalue weighted by molar-refractivity contribution is 6.31. The normalized spacial score (nSPS) is 12.8. The number of nitrogens with two attached hydrogens (primary N) is 1. The maximum atomic E-state index is 12.2. The topological polar surface area (TPSA) is 75.0 Å². The molecule has 0 radical (unpaired) electrons. The van der Waals surface area contributed by atoms with Gasteiger partial charge >= 0.3 is 0 Å². The van der Waals surface area contributed by atoms with Crippen LogP contribution >= 0.6 is 11.6 Å². The number of hydrogen-bond donors (Lipinski definition) is 2. The standard InChI is InChI=1S/C16H23ClN4O/c1-10(2)8-12(18)16(22)21(3)7-6-15-19-13-5-4-11(17)9-14(13)20-15/h4-5,9-10,12H,6-8,18H2,1-3H3,(H,19,20)/t12-/m1/s1. The third-order valence-electron chi connectivity index (χ3n) is 3.60. The van der Waals surface area contributed by atoms with Gasteiger partial charge in [-0.15, -0.1) is 0 Å². The summed E-state index contributed by atoms with van der Waals surface area (Å²) >= 11 is 5.96. The number of hydrogen-bond acceptors (Lipinski definition) is 3. The molecular formula is C16H23ClN4O. The van der Waals surface area contributed by atoms with Crippen molar-refractivity contribution in [3.8, 4) is 0 Å². The number of aromatic nitrogens is 2. The molecule has 2 aromatic rings. The fourth-order valence-electron chi connectivity index (χ4n) is 2.43. The first-order valence-electron chi connectivity index (χ1n) is 7.51. The molecule has 22 heavy (non-hydrogen) atoms. The average molecular weight is 323 g/mol. The van der Waals surface area contributed by atoms with Crippen molar-refractivity contribution in [2.45, 2.75) is 32.7 Å². The van der Waals surface area contributed by atoms with Crippen molar-refractivity contribution in [3.05, 3.63) is 29.0 Å². The van der Waals surface area contributed by atoms with E-state index in [0.29, 0.717) is 30.3 Å². The Labute approximate surface area is 135 Å². The zero-order chi connectivity index (χ0) is 16.3. The van der Waals surface area contributed by atoms with E-state index >= 15 is 0 Å². The van der Waals surface area contributed by atoms with Crippen LogP contribution in [0.5, 0.6) is 0 Å². The van der Waals surface area contributed by atoms with Crippen molar-refractivity contribution in [3.63, 3.8) is 0 Å².